The van der Waals surface area contributed by atoms with Gasteiger partial charge in [-0.05, 0) is 24.3 Å². The lowest BCUT2D eigenvalue weighted by atomic mass is 10.1. The van der Waals surface area contributed by atoms with E-state index in [2.05, 4.69) is 4.98 Å². The van der Waals surface area contributed by atoms with Gasteiger partial charge in [-0.2, -0.15) is 13.2 Å². The predicted octanol–water partition coefficient (Wildman–Crippen LogP) is 4.57. The third kappa shape index (κ3) is 2.59. The molecule has 1 aromatic heterocycles. The predicted molar refractivity (Wildman–Crippen MR) is 62.0 cm³/mol. The van der Waals surface area contributed by atoms with E-state index in [1.807, 2.05) is 0 Å². The summed E-state index contributed by atoms with van der Waals surface area (Å²) >= 11 is 4.92. The zero-order valence-electron chi connectivity index (χ0n) is 8.88. The second-order valence-corrected chi connectivity index (χ2v) is 4.10. The van der Waals surface area contributed by atoms with Crippen molar-refractivity contribution in [1.29, 1.82) is 0 Å². The smallest absolute Gasteiger partial charge is 0.361 e. The summed E-state index contributed by atoms with van der Waals surface area (Å²) in [7, 11) is 0. The summed E-state index contributed by atoms with van der Waals surface area (Å²) in [5.41, 5.74) is -0.497. The maximum absolute atomic E-state index is 13.4. The first kappa shape index (κ1) is 12.8. The van der Waals surface area contributed by atoms with Crippen molar-refractivity contribution in [1.82, 2.24) is 4.98 Å². The highest BCUT2D eigenvalue weighted by atomic mass is 32.1. The number of aromatic amines is 1. The van der Waals surface area contributed by atoms with Gasteiger partial charge < -0.3 is 4.98 Å². The van der Waals surface area contributed by atoms with E-state index in [-0.39, 0.29) is 0 Å². The fraction of sp³-hybridized carbons (Fsp3) is 0.0833. The highest BCUT2D eigenvalue weighted by Crippen LogP contribution is 2.33. The van der Waals surface area contributed by atoms with Gasteiger partial charge in [0, 0.05) is 22.0 Å². The van der Waals surface area contributed by atoms with E-state index >= 15 is 0 Å². The van der Waals surface area contributed by atoms with E-state index < -0.39 is 17.6 Å². The van der Waals surface area contributed by atoms with Crippen molar-refractivity contribution in [2.45, 2.75) is 6.18 Å². The SMILES string of the molecule is Fc1cc(-c2cc(=S)cc[nH]2)ccc1C(F)(F)F. The van der Waals surface area contributed by atoms with Crippen LogP contribution in [-0.4, -0.2) is 4.98 Å². The van der Waals surface area contributed by atoms with Crippen molar-refractivity contribution in [2.75, 3.05) is 0 Å². The molecule has 0 atom stereocenters. The summed E-state index contributed by atoms with van der Waals surface area (Å²) in [6.07, 6.45) is -3.14. The molecule has 2 aromatic rings. The number of rotatable bonds is 1. The molecule has 0 radical (unpaired) electrons. The van der Waals surface area contributed by atoms with E-state index in [1.54, 1.807) is 18.3 Å². The standard InChI is InChI=1S/C12H7F4NS/c13-10-5-7(1-2-9(10)12(14,15)16)11-6-8(18)3-4-17-11/h1-6H,(H,17,18). The Labute approximate surface area is 105 Å². The van der Waals surface area contributed by atoms with Crippen LogP contribution in [-0.2, 0) is 6.18 Å². The van der Waals surface area contributed by atoms with Crippen LogP contribution >= 0.6 is 12.2 Å². The molecule has 18 heavy (non-hydrogen) atoms. The first-order valence-electron chi connectivity index (χ1n) is 4.94. The average Bonchev–Trinajstić information content (AvgIpc) is 2.27. The van der Waals surface area contributed by atoms with E-state index in [1.165, 1.54) is 6.07 Å². The van der Waals surface area contributed by atoms with Gasteiger partial charge in [-0.15, -0.1) is 0 Å². The molecule has 6 heteroatoms. The lowest BCUT2D eigenvalue weighted by Gasteiger charge is -2.09. The quantitative estimate of drug-likeness (QED) is 0.594. The summed E-state index contributed by atoms with van der Waals surface area (Å²) in [6.45, 7) is 0. The van der Waals surface area contributed by atoms with Crippen LogP contribution in [0.2, 0.25) is 0 Å². The minimum Gasteiger partial charge on any atom is -0.361 e. The van der Waals surface area contributed by atoms with Crippen molar-refractivity contribution in [3.05, 3.63) is 52.4 Å². The monoisotopic (exact) mass is 273 g/mol. The molecule has 0 unspecified atom stereocenters. The Morgan fingerprint density at radius 2 is 1.78 bits per heavy atom. The molecule has 0 spiro atoms. The molecule has 1 nitrogen and oxygen atoms in total. The molecule has 1 N–H and O–H groups in total. The molecule has 0 bridgehead atoms. The molecule has 0 saturated carbocycles. The third-order valence-corrected chi connectivity index (χ3v) is 2.61. The van der Waals surface area contributed by atoms with Gasteiger partial charge in [0.05, 0.1) is 5.56 Å². The Kier molecular flexibility index (Phi) is 3.21. The molecule has 0 aliphatic rings. The number of benzene rings is 1. The maximum Gasteiger partial charge on any atom is 0.419 e. The number of halogens is 4. The lowest BCUT2D eigenvalue weighted by Crippen LogP contribution is -2.07. The second kappa shape index (κ2) is 4.53. The number of hydrogen-bond acceptors (Lipinski definition) is 1. The lowest BCUT2D eigenvalue weighted by molar-refractivity contribution is -0.139. The second-order valence-electron chi connectivity index (χ2n) is 3.63. The summed E-state index contributed by atoms with van der Waals surface area (Å²) in [6, 6.07) is 5.93. The van der Waals surface area contributed by atoms with Crippen molar-refractivity contribution in [3.8, 4) is 11.3 Å². The molecule has 0 fully saturated rings. The van der Waals surface area contributed by atoms with Crippen molar-refractivity contribution in [3.63, 3.8) is 0 Å². The molecule has 0 amide bonds. The summed E-state index contributed by atoms with van der Waals surface area (Å²) in [5, 5.41) is 0. The van der Waals surface area contributed by atoms with E-state index in [4.69, 9.17) is 12.2 Å². The Hall–Kier alpha value is -1.69. The van der Waals surface area contributed by atoms with Crippen LogP contribution in [0.4, 0.5) is 17.6 Å². The zero-order chi connectivity index (χ0) is 13.3. The first-order valence-corrected chi connectivity index (χ1v) is 5.34. The number of nitrogens with one attached hydrogen (secondary N) is 1. The van der Waals surface area contributed by atoms with E-state index in [9.17, 15) is 17.6 Å². The fourth-order valence-corrected chi connectivity index (χ4v) is 1.71. The summed E-state index contributed by atoms with van der Waals surface area (Å²) in [4.78, 5) is 2.80. The molecule has 0 saturated heterocycles. The number of hydrogen-bond donors (Lipinski definition) is 1. The Morgan fingerprint density at radius 1 is 1.06 bits per heavy atom. The molecule has 2 rings (SSSR count). The number of pyridine rings is 1. The highest BCUT2D eigenvalue weighted by molar-refractivity contribution is 7.71. The number of aromatic nitrogens is 1. The normalized spacial score (nSPS) is 11.6. The van der Waals surface area contributed by atoms with E-state index in [0.29, 0.717) is 21.8 Å². The fourth-order valence-electron chi connectivity index (χ4n) is 1.52. The third-order valence-electron chi connectivity index (χ3n) is 2.36. The number of H-pyrrole nitrogens is 1. The molecule has 1 aromatic carbocycles. The van der Waals surface area contributed by atoms with Gasteiger partial charge in [-0.1, -0.05) is 18.3 Å². The Balaban J connectivity index is 2.50. The van der Waals surface area contributed by atoms with Crippen molar-refractivity contribution in [2.24, 2.45) is 0 Å². The van der Waals surface area contributed by atoms with Gasteiger partial charge in [0.1, 0.15) is 5.82 Å². The minimum absolute atomic E-state index is 0.312. The van der Waals surface area contributed by atoms with Crippen LogP contribution in [0.5, 0.6) is 0 Å². The van der Waals surface area contributed by atoms with E-state index in [0.717, 1.165) is 6.07 Å². The largest absolute Gasteiger partial charge is 0.419 e. The van der Waals surface area contributed by atoms with Gasteiger partial charge >= 0.3 is 6.18 Å². The summed E-state index contributed by atoms with van der Waals surface area (Å²) < 4.78 is 51.0. The van der Waals surface area contributed by atoms with Crippen molar-refractivity contribution < 1.29 is 17.6 Å². The van der Waals surface area contributed by atoms with Crippen molar-refractivity contribution >= 4 is 12.2 Å². The highest BCUT2D eigenvalue weighted by Gasteiger charge is 2.33. The van der Waals surface area contributed by atoms with Gasteiger partial charge in [-0.3, -0.25) is 0 Å². The Bertz CT molecular complexity index is 630. The van der Waals surface area contributed by atoms with Crippen LogP contribution in [0, 0.1) is 10.3 Å². The van der Waals surface area contributed by atoms with Crippen LogP contribution in [0.3, 0.4) is 0 Å². The molecular formula is C12H7F4NS. The summed E-state index contributed by atoms with van der Waals surface area (Å²) in [5.74, 6) is -1.30. The molecular weight excluding hydrogens is 266 g/mol. The zero-order valence-corrected chi connectivity index (χ0v) is 9.70. The first-order chi connectivity index (χ1) is 8.38. The minimum atomic E-state index is -4.69. The van der Waals surface area contributed by atoms with Crippen LogP contribution in [0.15, 0.2) is 36.5 Å². The van der Waals surface area contributed by atoms with Gasteiger partial charge in [0.2, 0.25) is 0 Å². The molecule has 1 heterocycles. The van der Waals surface area contributed by atoms with Crippen LogP contribution < -0.4 is 0 Å². The average molecular weight is 273 g/mol. The van der Waals surface area contributed by atoms with Crippen LogP contribution in [0.1, 0.15) is 5.56 Å². The number of alkyl halides is 3. The Morgan fingerprint density at radius 3 is 2.33 bits per heavy atom. The van der Waals surface area contributed by atoms with Gasteiger partial charge in [-0.25, -0.2) is 4.39 Å². The molecule has 0 aliphatic carbocycles. The van der Waals surface area contributed by atoms with Gasteiger partial charge in [0.15, 0.2) is 0 Å². The maximum atomic E-state index is 13.4. The van der Waals surface area contributed by atoms with Gasteiger partial charge in [0.25, 0.3) is 0 Å². The van der Waals surface area contributed by atoms with Crippen LogP contribution in [0.25, 0.3) is 11.3 Å². The molecule has 0 aliphatic heterocycles. The topological polar surface area (TPSA) is 15.8 Å². The molecule has 94 valence electrons.